The average molecular weight is 361 g/mol. The summed E-state index contributed by atoms with van der Waals surface area (Å²) in [6, 6.07) is 0. The molecular weight excluding hydrogens is 324 g/mol. The first-order valence-electron chi connectivity index (χ1n) is 8.60. The lowest BCUT2D eigenvalue weighted by molar-refractivity contribution is -0.156. The molecule has 0 aliphatic carbocycles. The van der Waals surface area contributed by atoms with Gasteiger partial charge >= 0.3 is 11.9 Å². The number of ether oxygens (including phenoxy) is 2. The highest BCUT2D eigenvalue weighted by molar-refractivity contribution is 6.74. The third-order valence-electron chi connectivity index (χ3n) is 4.35. The van der Waals surface area contributed by atoms with Crippen molar-refractivity contribution in [3.63, 3.8) is 0 Å². The normalized spacial score (nSPS) is 14.2. The fourth-order valence-electron chi connectivity index (χ4n) is 1.83. The summed E-state index contributed by atoms with van der Waals surface area (Å²) in [5.74, 6) is -0.569. The van der Waals surface area contributed by atoms with Gasteiger partial charge in [0, 0.05) is 13.0 Å². The highest BCUT2D eigenvalue weighted by Gasteiger charge is 2.37. The van der Waals surface area contributed by atoms with Gasteiger partial charge < -0.3 is 13.9 Å². The molecule has 0 aliphatic heterocycles. The van der Waals surface area contributed by atoms with Crippen molar-refractivity contribution in [2.24, 2.45) is 5.92 Å². The van der Waals surface area contributed by atoms with Crippen LogP contribution in [0.5, 0.6) is 0 Å². The molecule has 0 aromatic carbocycles. The first-order chi connectivity index (χ1) is 10.7. The van der Waals surface area contributed by atoms with E-state index in [0.717, 1.165) is 0 Å². The molecule has 0 amide bonds. The second-order valence-electron chi connectivity index (χ2n) is 8.84. The average Bonchev–Trinajstić information content (AvgIpc) is 2.37. The molecule has 0 heterocycles. The van der Waals surface area contributed by atoms with E-state index in [1.54, 1.807) is 0 Å². The zero-order chi connectivity index (χ0) is 19.2. The van der Waals surface area contributed by atoms with Gasteiger partial charge in [0.25, 0.3) is 0 Å². The van der Waals surface area contributed by atoms with Crippen molar-refractivity contribution in [2.45, 2.75) is 84.5 Å². The second-order valence-corrected chi connectivity index (χ2v) is 13.7. The van der Waals surface area contributed by atoms with Crippen molar-refractivity contribution in [2.75, 3.05) is 13.7 Å². The molecule has 24 heavy (non-hydrogen) atoms. The molecule has 5 nitrogen and oxygen atoms in total. The van der Waals surface area contributed by atoms with Crippen LogP contribution in [0.2, 0.25) is 18.1 Å². The maximum atomic E-state index is 12.1. The molecule has 0 saturated carbocycles. The third-order valence-corrected chi connectivity index (χ3v) is 8.85. The van der Waals surface area contributed by atoms with Crippen molar-refractivity contribution in [1.29, 1.82) is 0 Å². The largest absolute Gasteiger partial charge is 0.469 e. The second kappa shape index (κ2) is 8.99. The molecule has 142 valence electrons. The minimum atomic E-state index is -1.90. The molecular formula is C18H36O5Si. The molecule has 0 saturated heterocycles. The summed E-state index contributed by atoms with van der Waals surface area (Å²) in [5, 5.41) is 0.103. The van der Waals surface area contributed by atoms with Crippen molar-refractivity contribution in [3.8, 4) is 0 Å². The summed E-state index contributed by atoms with van der Waals surface area (Å²) >= 11 is 0. The Kier molecular flexibility index (Phi) is 8.66. The number of carbonyl (C=O) groups excluding carboxylic acids is 2. The van der Waals surface area contributed by atoms with Gasteiger partial charge in [0.2, 0.25) is 0 Å². The number of hydrogen-bond acceptors (Lipinski definition) is 5. The van der Waals surface area contributed by atoms with Crippen LogP contribution in [-0.2, 0) is 23.5 Å². The van der Waals surface area contributed by atoms with Crippen LogP contribution in [0.1, 0.15) is 60.8 Å². The predicted octanol–water partition coefficient (Wildman–Crippen LogP) is 4.31. The van der Waals surface area contributed by atoms with Crippen LogP contribution in [0.4, 0.5) is 0 Å². The van der Waals surface area contributed by atoms with Gasteiger partial charge in [-0.25, -0.2) is 0 Å². The van der Waals surface area contributed by atoms with Gasteiger partial charge in [-0.2, -0.15) is 0 Å². The number of rotatable bonds is 8. The Bertz CT molecular complexity index is 418. The minimum absolute atomic E-state index is 0.0481. The van der Waals surface area contributed by atoms with E-state index in [1.165, 1.54) is 7.11 Å². The Morgan fingerprint density at radius 3 is 1.96 bits per heavy atom. The quantitative estimate of drug-likeness (QED) is 0.477. The Balaban J connectivity index is 4.81. The molecule has 0 radical (unpaired) electrons. The van der Waals surface area contributed by atoms with Crippen molar-refractivity contribution in [3.05, 3.63) is 0 Å². The smallest absolute Gasteiger partial charge is 0.306 e. The fraction of sp³-hybridized carbons (Fsp3) is 0.889. The standard InChI is InChI=1S/C18H36O5Si/c1-17(2,3)23-16(20)12-14(10-11-15(19)21-7)13-22-24(8,9)18(4,5)6/h14H,10-13H2,1-9H3/t14-/m1/s1. The lowest BCUT2D eigenvalue weighted by Crippen LogP contribution is -2.42. The van der Waals surface area contributed by atoms with Crippen molar-refractivity contribution in [1.82, 2.24) is 0 Å². The lowest BCUT2D eigenvalue weighted by atomic mass is 10.0. The Hall–Kier alpha value is -0.883. The molecule has 0 bridgehead atoms. The zero-order valence-electron chi connectivity index (χ0n) is 16.9. The Labute approximate surface area is 148 Å². The summed E-state index contributed by atoms with van der Waals surface area (Å²) in [7, 11) is -0.526. The molecule has 0 aromatic heterocycles. The van der Waals surface area contributed by atoms with E-state index in [0.29, 0.717) is 13.0 Å². The molecule has 6 heteroatoms. The van der Waals surface area contributed by atoms with Crippen LogP contribution in [0.3, 0.4) is 0 Å². The summed E-state index contributed by atoms with van der Waals surface area (Å²) in [6.45, 7) is 16.9. The highest BCUT2D eigenvalue weighted by Crippen LogP contribution is 2.37. The van der Waals surface area contributed by atoms with Crippen molar-refractivity contribution < 1.29 is 23.5 Å². The van der Waals surface area contributed by atoms with Gasteiger partial charge in [-0.3, -0.25) is 9.59 Å². The first kappa shape index (κ1) is 23.1. The third kappa shape index (κ3) is 9.42. The summed E-state index contributed by atoms with van der Waals surface area (Å²) in [5.41, 5.74) is -0.510. The molecule has 0 unspecified atom stereocenters. The van der Waals surface area contributed by atoms with E-state index >= 15 is 0 Å². The molecule has 0 fully saturated rings. The van der Waals surface area contributed by atoms with Gasteiger partial charge in [-0.15, -0.1) is 0 Å². The first-order valence-corrected chi connectivity index (χ1v) is 11.5. The maximum Gasteiger partial charge on any atom is 0.306 e. The van der Waals surface area contributed by atoms with Crippen LogP contribution in [0.15, 0.2) is 0 Å². The van der Waals surface area contributed by atoms with Gasteiger partial charge in [-0.1, -0.05) is 20.8 Å². The molecule has 0 spiro atoms. The summed E-state index contributed by atoms with van der Waals surface area (Å²) in [4.78, 5) is 23.5. The molecule has 0 aromatic rings. The number of methoxy groups -OCH3 is 1. The molecule has 0 N–H and O–H groups in total. The van der Waals surface area contributed by atoms with E-state index in [4.69, 9.17) is 13.9 Å². The van der Waals surface area contributed by atoms with E-state index in [1.807, 2.05) is 20.8 Å². The van der Waals surface area contributed by atoms with Crippen molar-refractivity contribution >= 4 is 20.3 Å². The fourth-order valence-corrected chi connectivity index (χ4v) is 2.92. The van der Waals surface area contributed by atoms with E-state index < -0.39 is 13.9 Å². The molecule has 0 aliphatic rings. The van der Waals surface area contributed by atoms with Gasteiger partial charge in [0.05, 0.1) is 13.5 Å². The van der Waals surface area contributed by atoms with Crippen LogP contribution in [-0.4, -0.2) is 39.6 Å². The highest BCUT2D eigenvalue weighted by atomic mass is 28.4. The summed E-state index contributed by atoms with van der Waals surface area (Å²) < 4.78 is 16.3. The van der Waals surface area contributed by atoms with E-state index in [9.17, 15) is 9.59 Å². The van der Waals surface area contributed by atoms with Crippen LogP contribution in [0.25, 0.3) is 0 Å². The molecule has 0 rings (SSSR count). The Morgan fingerprint density at radius 2 is 1.54 bits per heavy atom. The maximum absolute atomic E-state index is 12.1. The van der Waals surface area contributed by atoms with Gasteiger partial charge in [0.1, 0.15) is 5.60 Å². The van der Waals surface area contributed by atoms with Crippen LogP contribution < -0.4 is 0 Å². The number of carbonyl (C=O) groups is 2. The van der Waals surface area contributed by atoms with E-state index in [-0.39, 0.29) is 35.7 Å². The number of hydrogen-bond donors (Lipinski definition) is 0. The van der Waals surface area contributed by atoms with Crippen LogP contribution in [0, 0.1) is 5.92 Å². The topological polar surface area (TPSA) is 61.8 Å². The zero-order valence-corrected chi connectivity index (χ0v) is 17.9. The lowest BCUT2D eigenvalue weighted by Gasteiger charge is -2.37. The Morgan fingerprint density at radius 1 is 1.00 bits per heavy atom. The SMILES string of the molecule is COC(=O)CC[C@@H](CO[Si](C)(C)C(C)(C)C)CC(=O)OC(C)(C)C. The summed E-state index contributed by atoms with van der Waals surface area (Å²) in [6.07, 6.45) is 1.09. The monoisotopic (exact) mass is 360 g/mol. The van der Waals surface area contributed by atoms with Gasteiger partial charge in [-0.05, 0) is 51.2 Å². The number of esters is 2. The van der Waals surface area contributed by atoms with E-state index in [2.05, 4.69) is 33.9 Å². The van der Waals surface area contributed by atoms with Crippen LogP contribution >= 0.6 is 0 Å². The minimum Gasteiger partial charge on any atom is -0.469 e. The van der Waals surface area contributed by atoms with Gasteiger partial charge in [0.15, 0.2) is 8.32 Å². The molecule has 1 atom stereocenters. The predicted molar refractivity (Wildman–Crippen MR) is 98.4 cm³/mol.